The van der Waals surface area contributed by atoms with Crippen LogP contribution in [-0.4, -0.2) is 18.3 Å². The summed E-state index contributed by atoms with van der Waals surface area (Å²) in [6.45, 7) is 0. The number of rotatable bonds is 3. The molecule has 4 heteroatoms. The maximum absolute atomic E-state index is 9.14. The van der Waals surface area contributed by atoms with Gasteiger partial charge in [-0.1, -0.05) is 30.3 Å². The van der Waals surface area contributed by atoms with Crippen molar-refractivity contribution < 1.29 is 4.74 Å². The van der Waals surface area contributed by atoms with Crippen LogP contribution in [0.5, 0.6) is 5.88 Å². The maximum Gasteiger partial charge on any atom is 0.233 e. The monoisotopic (exact) mass is 256 g/mol. The van der Waals surface area contributed by atoms with E-state index in [4.69, 9.17) is 10.00 Å². The van der Waals surface area contributed by atoms with Crippen molar-refractivity contribution in [2.24, 2.45) is 0 Å². The van der Waals surface area contributed by atoms with Gasteiger partial charge in [-0.15, -0.1) is 11.8 Å². The Hall–Kier alpha value is -1.99. The summed E-state index contributed by atoms with van der Waals surface area (Å²) in [5.41, 5.74) is 2.32. The van der Waals surface area contributed by atoms with Crippen LogP contribution in [0.25, 0.3) is 11.3 Å². The fourth-order valence-corrected chi connectivity index (χ4v) is 2.23. The average Bonchev–Trinajstić information content (AvgIpc) is 2.46. The number of methoxy groups -OCH3 is 1. The van der Waals surface area contributed by atoms with Gasteiger partial charge in [0.2, 0.25) is 5.88 Å². The van der Waals surface area contributed by atoms with Crippen LogP contribution in [0.15, 0.2) is 41.3 Å². The molecule has 0 radical (unpaired) electrons. The summed E-state index contributed by atoms with van der Waals surface area (Å²) in [6, 6.07) is 13.9. The van der Waals surface area contributed by atoms with Gasteiger partial charge in [-0.3, -0.25) is 0 Å². The Bertz CT molecular complexity index is 565. The normalized spacial score (nSPS) is 9.83. The highest BCUT2D eigenvalue weighted by atomic mass is 32.2. The molecule has 18 heavy (non-hydrogen) atoms. The average molecular weight is 256 g/mol. The van der Waals surface area contributed by atoms with E-state index in [0.29, 0.717) is 11.4 Å². The van der Waals surface area contributed by atoms with Crippen molar-refractivity contribution in [2.75, 3.05) is 13.4 Å². The Labute approximate surface area is 110 Å². The first kappa shape index (κ1) is 12.5. The van der Waals surface area contributed by atoms with E-state index in [0.717, 1.165) is 16.2 Å². The number of aromatic nitrogens is 1. The van der Waals surface area contributed by atoms with Gasteiger partial charge in [0.25, 0.3) is 0 Å². The Morgan fingerprint density at radius 2 is 2.00 bits per heavy atom. The second-order valence-electron chi connectivity index (χ2n) is 3.57. The second-order valence-corrected chi connectivity index (χ2v) is 4.42. The number of hydrogen-bond donors (Lipinski definition) is 0. The molecule has 0 aliphatic rings. The Kier molecular flexibility index (Phi) is 3.85. The molecule has 0 fully saturated rings. The molecule has 1 aromatic carbocycles. The van der Waals surface area contributed by atoms with Gasteiger partial charge in [0.05, 0.1) is 12.8 Å². The molecule has 3 nitrogen and oxygen atoms in total. The zero-order chi connectivity index (χ0) is 13.0. The minimum Gasteiger partial charge on any atom is -0.480 e. The Morgan fingerprint density at radius 3 is 2.56 bits per heavy atom. The quantitative estimate of drug-likeness (QED) is 0.790. The lowest BCUT2D eigenvalue weighted by Gasteiger charge is -2.09. The predicted molar refractivity (Wildman–Crippen MR) is 72.7 cm³/mol. The number of nitrogens with zero attached hydrogens (tertiary/aromatic N) is 2. The van der Waals surface area contributed by atoms with E-state index in [1.165, 1.54) is 18.9 Å². The van der Waals surface area contributed by atoms with Crippen molar-refractivity contribution in [3.05, 3.63) is 42.0 Å². The standard InChI is InChI=1S/C14H12N2OS/c1-17-14-11(9-15)13(18-2)8-12(16-14)10-6-4-3-5-7-10/h3-8H,1-2H3. The van der Waals surface area contributed by atoms with Crippen LogP contribution in [0.3, 0.4) is 0 Å². The summed E-state index contributed by atoms with van der Waals surface area (Å²) in [7, 11) is 1.53. The van der Waals surface area contributed by atoms with E-state index in [1.807, 2.05) is 42.7 Å². The Balaban J connectivity index is 2.62. The van der Waals surface area contributed by atoms with E-state index in [9.17, 15) is 0 Å². The molecule has 0 N–H and O–H groups in total. The molecule has 90 valence electrons. The van der Waals surface area contributed by atoms with Crippen LogP contribution in [-0.2, 0) is 0 Å². The topological polar surface area (TPSA) is 45.9 Å². The lowest BCUT2D eigenvalue weighted by atomic mass is 10.1. The van der Waals surface area contributed by atoms with Gasteiger partial charge in [-0.25, -0.2) is 4.98 Å². The molecule has 0 aliphatic carbocycles. The lowest BCUT2D eigenvalue weighted by Crippen LogP contribution is -1.96. The zero-order valence-corrected chi connectivity index (χ0v) is 11.0. The molecular formula is C14H12N2OS. The van der Waals surface area contributed by atoms with Gasteiger partial charge in [-0.2, -0.15) is 5.26 Å². The minimum absolute atomic E-state index is 0.378. The SMILES string of the molecule is COc1nc(-c2ccccc2)cc(SC)c1C#N. The van der Waals surface area contributed by atoms with Crippen LogP contribution in [0.4, 0.5) is 0 Å². The fraction of sp³-hybridized carbons (Fsp3) is 0.143. The summed E-state index contributed by atoms with van der Waals surface area (Å²) < 4.78 is 5.19. The van der Waals surface area contributed by atoms with Gasteiger partial charge in [0, 0.05) is 10.5 Å². The first-order chi connectivity index (χ1) is 8.80. The largest absolute Gasteiger partial charge is 0.480 e. The van der Waals surface area contributed by atoms with Gasteiger partial charge in [0.15, 0.2) is 0 Å². The summed E-state index contributed by atoms with van der Waals surface area (Å²) in [5, 5.41) is 9.14. The summed E-state index contributed by atoms with van der Waals surface area (Å²) in [5.74, 6) is 0.378. The molecule has 0 amide bonds. The number of pyridine rings is 1. The van der Waals surface area contributed by atoms with Crippen LogP contribution >= 0.6 is 11.8 Å². The third-order valence-corrected chi connectivity index (χ3v) is 3.31. The number of nitriles is 1. The van der Waals surface area contributed by atoms with E-state index in [-0.39, 0.29) is 0 Å². The summed E-state index contributed by atoms with van der Waals surface area (Å²) >= 11 is 1.52. The molecule has 0 atom stereocenters. The summed E-state index contributed by atoms with van der Waals surface area (Å²) in [6.07, 6.45) is 1.93. The first-order valence-corrected chi connectivity index (χ1v) is 6.61. The van der Waals surface area contributed by atoms with Crippen LogP contribution < -0.4 is 4.74 Å². The predicted octanol–water partition coefficient (Wildman–Crippen LogP) is 3.35. The van der Waals surface area contributed by atoms with Crippen molar-refractivity contribution in [3.8, 4) is 23.2 Å². The second kappa shape index (κ2) is 5.56. The highest BCUT2D eigenvalue weighted by Crippen LogP contribution is 2.31. The minimum atomic E-state index is 0.378. The van der Waals surface area contributed by atoms with Gasteiger partial charge < -0.3 is 4.74 Å². The first-order valence-electron chi connectivity index (χ1n) is 5.38. The fourth-order valence-electron chi connectivity index (χ4n) is 1.67. The van der Waals surface area contributed by atoms with Crippen LogP contribution in [0, 0.1) is 11.3 Å². The highest BCUT2D eigenvalue weighted by Gasteiger charge is 2.13. The molecule has 1 heterocycles. The molecule has 2 rings (SSSR count). The van der Waals surface area contributed by atoms with Crippen molar-refractivity contribution in [1.29, 1.82) is 5.26 Å². The molecule has 1 aromatic heterocycles. The van der Waals surface area contributed by atoms with Gasteiger partial charge >= 0.3 is 0 Å². The molecule has 0 bridgehead atoms. The lowest BCUT2D eigenvalue weighted by molar-refractivity contribution is 0.395. The van der Waals surface area contributed by atoms with E-state index >= 15 is 0 Å². The van der Waals surface area contributed by atoms with Gasteiger partial charge in [-0.05, 0) is 12.3 Å². The molecule has 0 spiro atoms. The third kappa shape index (κ3) is 2.31. The van der Waals surface area contributed by atoms with Crippen molar-refractivity contribution in [1.82, 2.24) is 4.98 Å². The molecule has 2 aromatic rings. The number of ether oxygens (including phenoxy) is 1. The smallest absolute Gasteiger partial charge is 0.233 e. The van der Waals surface area contributed by atoms with Gasteiger partial charge in [0.1, 0.15) is 11.6 Å². The molecular weight excluding hydrogens is 244 g/mol. The third-order valence-electron chi connectivity index (χ3n) is 2.54. The summed E-state index contributed by atoms with van der Waals surface area (Å²) in [4.78, 5) is 5.26. The Morgan fingerprint density at radius 1 is 1.28 bits per heavy atom. The molecule has 0 saturated heterocycles. The van der Waals surface area contributed by atoms with Crippen LogP contribution in [0.2, 0.25) is 0 Å². The van der Waals surface area contributed by atoms with Crippen LogP contribution in [0.1, 0.15) is 5.56 Å². The van der Waals surface area contributed by atoms with Crippen molar-refractivity contribution >= 4 is 11.8 Å². The molecule has 0 aliphatic heterocycles. The number of thioether (sulfide) groups is 1. The van der Waals surface area contributed by atoms with Crippen molar-refractivity contribution in [2.45, 2.75) is 4.90 Å². The highest BCUT2D eigenvalue weighted by molar-refractivity contribution is 7.98. The van der Waals surface area contributed by atoms with Crippen molar-refractivity contribution in [3.63, 3.8) is 0 Å². The molecule has 0 unspecified atom stereocenters. The zero-order valence-electron chi connectivity index (χ0n) is 10.2. The number of hydrogen-bond acceptors (Lipinski definition) is 4. The van der Waals surface area contributed by atoms with E-state index in [2.05, 4.69) is 11.1 Å². The maximum atomic E-state index is 9.14. The van der Waals surface area contributed by atoms with E-state index in [1.54, 1.807) is 0 Å². The molecule has 0 saturated carbocycles. The number of benzene rings is 1. The van der Waals surface area contributed by atoms with E-state index < -0.39 is 0 Å².